The van der Waals surface area contributed by atoms with Crippen LogP contribution in [0.4, 0.5) is 0 Å². The first-order valence-electron chi connectivity index (χ1n) is 15.1. The molecule has 2 aromatic heterocycles. The molecule has 7 aromatic carbocycles. The number of benzene rings is 7. The monoisotopic (exact) mass is 574 g/mol. The Morgan fingerprint density at radius 3 is 1.76 bits per heavy atom. The summed E-state index contributed by atoms with van der Waals surface area (Å²) in [7, 11) is 0. The third-order valence-electron chi connectivity index (χ3n) is 8.65. The molecule has 45 heavy (non-hydrogen) atoms. The first-order valence-corrected chi connectivity index (χ1v) is 15.1. The second-order valence-electron chi connectivity index (χ2n) is 11.3. The van der Waals surface area contributed by atoms with E-state index in [-0.39, 0.29) is 0 Å². The van der Waals surface area contributed by atoms with E-state index in [0.717, 1.165) is 49.4 Å². The number of para-hydroxylation sites is 1. The van der Waals surface area contributed by atoms with Crippen molar-refractivity contribution in [3.8, 4) is 39.9 Å². The molecule has 9 rings (SSSR count). The molecule has 0 aliphatic rings. The highest BCUT2D eigenvalue weighted by Crippen LogP contribution is 2.37. The van der Waals surface area contributed by atoms with Crippen molar-refractivity contribution in [1.82, 2.24) is 19.5 Å². The summed E-state index contributed by atoms with van der Waals surface area (Å²) in [4.78, 5) is 15.7. The van der Waals surface area contributed by atoms with Gasteiger partial charge in [-0.1, -0.05) is 140 Å². The fraction of sp³-hybridized carbons (Fsp3) is 0. The Kier molecular flexibility index (Phi) is 5.78. The molecule has 0 radical (unpaired) electrons. The molecule has 0 aliphatic heterocycles. The highest BCUT2D eigenvalue weighted by molar-refractivity contribution is 6.13. The molecule has 210 valence electrons. The number of nitrogens with zero attached hydrogens (tertiary/aromatic N) is 4. The quantitative estimate of drug-likeness (QED) is 0.210. The van der Waals surface area contributed by atoms with Gasteiger partial charge in [0.1, 0.15) is 0 Å². The zero-order chi connectivity index (χ0) is 29.7. The summed E-state index contributed by atoms with van der Waals surface area (Å²) in [5, 5.41) is 6.96. The van der Waals surface area contributed by atoms with Gasteiger partial charge < -0.3 is 0 Å². The van der Waals surface area contributed by atoms with Gasteiger partial charge in [-0.15, -0.1) is 0 Å². The minimum atomic E-state index is 0.590. The topological polar surface area (TPSA) is 43.6 Å². The summed E-state index contributed by atoms with van der Waals surface area (Å²) in [5.74, 6) is 1.86. The number of rotatable bonds is 4. The molecule has 0 unspecified atom stereocenters. The molecular formula is C41H26N4. The Balaban J connectivity index is 1.39. The molecule has 0 bridgehead atoms. The van der Waals surface area contributed by atoms with Crippen LogP contribution in [0.3, 0.4) is 0 Å². The number of hydrogen-bond donors (Lipinski definition) is 0. The fourth-order valence-corrected chi connectivity index (χ4v) is 6.54. The Morgan fingerprint density at radius 2 is 0.933 bits per heavy atom. The van der Waals surface area contributed by atoms with Gasteiger partial charge in [-0.2, -0.15) is 9.97 Å². The first kappa shape index (κ1) is 25.4. The van der Waals surface area contributed by atoms with Crippen LogP contribution in [-0.4, -0.2) is 19.5 Å². The van der Waals surface area contributed by atoms with Gasteiger partial charge in [0.25, 0.3) is 0 Å². The third kappa shape index (κ3) is 4.19. The summed E-state index contributed by atoms with van der Waals surface area (Å²) in [5.41, 5.74) is 6.24. The molecule has 4 nitrogen and oxygen atoms in total. The third-order valence-corrected chi connectivity index (χ3v) is 8.65. The molecule has 0 saturated carbocycles. The van der Waals surface area contributed by atoms with Gasteiger partial charge in [0.2, 0.25) is 5.95 Å². The predicted molar refractivity (Wildman–Crippen MR) is 185 cm³/mol. The highest BCUT2D eigenvalue weighted by atomic mass is 15.2. The van der Waals surface area contributed by atoms with Crippen molar-refractivity contribution in [2.75, 3.05) is 0 Å². The maximum Gasteiger partial charge on any atom is 0.238 e. The van der Waals surface area contributed by atoms with E-state index in [1.807, 2.05) is 6.07 Å². The van der Waals surface area contributed by atoms with E-state index in [9.17, 15) is 0 Å². The molecule has 2 heterocycles. The van der Waals surface area contributed by atoms with Crippen LogP contribution in [-0.2, 0) is 0 Å². The van der Waals surface area contributed by atoms with E-state index in [2.05, 4.69) is 156 Å². The van der Waals surface area contributed by atoms with Crippen molar-refractivity contribution < 1.29 is 0 Å². The zero-order valence-electron chi connectivity index (χ0n) is 24.3. The van der Waals surface area contributed by atoms with Crippen LogP contribution in [0.15, 0.2) is 158 Å². The molecule has 0 fully saturated rings. The predicted octanol–water partition coefficient (Wildman–Crippen LogP) is 10.3. The summed E-state index contributed by atoms with van der Waals surface area (Å²) in [6.45, 7) is 0. The van der Waals surface area contributed by atoms with Crippen molar-refractivity contribution in [1.29, 1.82) is 0 Å². The van der Waals surface area contributed by atoms with Gasteiger partial charge in [-0.25, -0.2) is 4.98 Å². The second-order valence-corrected chi connectivity index (χ2v) is 11.3. The average Bonchev–Trinajstić information content (AvgIpc) is 3.43. The number of hydrogen-bond acceptors (Lipinski definition) is 3. The van der Waals surface area contributed by atoms with Crippen LogP contribution >= 0.6 is 0 Å². The molecule has 0 amide bonds. The van der Waals surface area contributed by atoms with E-state index in [1.54, 1.807) is 0 Å². The molecule has 4 heteroatoms. The van der Waals surface area contributed by atoms with Crippen molar-refractivity contribution in [3.05, 3.63) is 158 Å². The van der Waals surface area contributed by atoms with Gasteiger partial charge >= 0.3 is 0 Å². The van der Waals surface area contributed by atoms with Crippen LogP contribution in [0.2, 0.25) is 0 Å². The van der Waals surface area contributed by atoms with Crippen molar-refractivity contribution in [2.45, 2.75) is 0 Å². The number of fused-ring (bicyclic) bond motifs is 5. The Hall–Kier alpha value is -6.13. The van der Waals surface area contributed by atoms with Crippen LogP contribution < -0.4 is 0 Å². The normalized spacial score (nSPS) is 11.6. The van der Waals surface area contributed by atoms with Crippen LogP contribution in [0.5, 0.6) is 0 Å². The lowest BCUT2D eigenvalue weighted by atomic mass is 9.99. The lowest BCUT2D eigenvalue weighted by Gasteiger charge is -2.14. The SMILES string of the molecule is c1ccc(-c2ccccc2-c2nc(-c3cccc4ccccc34)nc(-n3c4ccccc4c4cc5ccccc5cc43)n2)cc1. The van der Waals surface area contributed by atoms with Gasteiger partial charge in [0, 0.05) is 21.9 Å². The van der Waals surface area contributed by atoms with Gasteiger partial charge in [0.15, 0.2) is 11.6 Å². The standard InChI is InChI=1S/C41H26N4/c1-2-13-27(14-3-1)31-20-8-9-22-34(31)39-42-40(35-23-12-18-28-15-6-7-19-32(28)35)44-41(43-39)45-37-24-11-10-21-33(37)36-25-29-16-4-5-17-30(29)26-38(36)45/h1-26H. The van der Waals surface area contributed by atoms with Gasteiger partial charge in [0.05, 0.1) is 11.0 Å². The maximum atomic E-state index is 5.26. The van der Waals surface area contributed by atoms with Gasteiger partial charge in [-0.05, 0) is 50.9 Å². The minimum Gasteiger partial charge on any atom is -0.278 e. The molecule has 0 aliphatic carbocycles. The van der Waals surface area contributed by atoms with Crippen molar-refractivity contribution in [2.24, 2.45) is 0 Å². The summed E-state index contributed by atoms with van der Waals surface area (Å²) >= 11 is 0. The summed E-state index contributed by atoms with van der Waals surface area (Å²) in [6, 6.07) is 55.0. The van der Waals surface area contributed by atoms with Crippen LogP contribution in [0.1, 0.15) is 0 Å². The van der Waals surface area contributed by atoms with E-state index >= 15 is 0 Å². The van der Waals surface area contributed by atoms with E-state index < -0.39 is 0 Å². The highest BCUT2D eigenvalue weighted by Gasteiger charge is 2.20. The molecule has 0 atom stereocenters. The fourth-order valence-electron chi connectivity index (χ4n) is 6.54. The summed E-state index contributed by atoms with van der Waals surface area (Å²) in [6.07, 6.45) is 0. The van der Waals surface area contributed by atoms with Crippen molar-refractivity contribution in [3.63, 3.8) is 0 Å². The van der Waals surface area contributed by atoms with E-state index in [1.165, 1.54) is 16.2 Å². The Bertz CT molecular complexity index is 2540. The molecule has 9 aromatic rings. The van der Waals surface area contributed by atoms with Gasteiger partial charge in [-0.3, -0.25) is 4.57 Å². The second kappa shape index (κ2) is 10.2. The smallest absolute Gasteiger partial charge is 0.238 e. The Morgan fingerprint density at radius 1 is 0.356 bits per heavy atom. The Labute approximate surface area is 259 Å². The lowest BCUT2D eigenvalue weighted by Crippen LogP contribution is -2.07. The molecular weight excluding hydrogens is 548 g/mol. The van der Waals surface area contributed by atoms with Crippen LogP contribution in [0, 0.1) is 0 Å². The van der Waals surface area contributed by atoms with E-state index in [4.69, 9.17) is 15.0 Å². The summed E-state index contributed by atoms with van der Waals surface area (Å²) < 4.78 is 2.20. The molecule has 0 saturated heterocycles. The minimum absolute atomic E-state index is 0.590. The first-order chi connectivity index (χ1) is 22.3. The lowest BCUT2D eigenvalue weighted by molar-refractivity contribution is 0.955. The number of aromatic nitrogens is 4. The van der Waals surface area contributed by atoms with E-state index in [0.29, 0.717) is 17.6 Å². The largest absolute Gasteiger partial charge is 0.278 e. The average molecular weight is 575 g/mol. The zero-order valence-corrected chi connectivity index (χ0v) is 24.3. The van der Waals surface area contributed by atoms with Crippen LogP contribution in [0.25, 0.3) is 83.2 Å². The maximum absolute atomic E-state index is 5.26. The van der Waals surface area contributed by atoms with Crippen molar-refractivity contribution >= 4 is 43.4 Å². The molecule has 0 spiro atoms. The molecule has 0 N–H and O–H groups in total.